The topological polar surface area (TPSA) is 0 Å². The first-order valence-corrected chi connectivity index (χ1v) is 5.65. The van der Waals surface area contributed by atoms with Crippen LogP contribution in [-0.2, 0) is 0 Å². The van der Waals surface area contributed by atoms with Crippen LogP contribution in [0.4, 0.5) is 0 Å². The van der Waals surface area contributed by atoms with E-state index in [4.69, 9.17) is 0 Å². The minimum absolute atomic E-state index is 0.981. The quantitative estimate of drug-likeness (QED) is 0.371. The molecule has 0 aromatic heterocycles. The molecule has 0 unspecified atom stereocenters. The highest BCUT2D eigenvalue weighted by Gasteiger charge is 1.91. The van der Waals surface area contributed by atoms with E-state index in [2.05, 4.69) is 25.8 Å². The second-order valence-electron chi connectivity index (χ2n) is 2.29. The molecule has 0 spiro atoms. The zero-order chi connectivity index (χ0) is 9.23. The minimum Gasteiger partial charge on any atom is -0.179 e. The summed E-state index contributed by atoms with van der Waals surface area (Å²) in [5.41, 5.74) is 0. The first kappa shape index (κ1) is 11.9. The Hall–Kier alpha value is -0.0800. The van der Waals surface area contributed by atoms with Crippen molar-refractivity contribution in [3.05, 3.63) is 36.3 Å². The molecule has 2 heteroatoms. The van der Waals surface area contributed by atoms with Gasteiger partial charge in [0.05, 0.1) is 0 Å². The third-order valence-electron chi connectivity index (χ3n) is 1.30. The predicted octanol–water partition coefficient (Wildman–Crippen LogP) is 3.69. The Labute approximate surface area is 85.2 Å². The highest BCUT2D eigenvalue weighted by molar-refractivity contribution is 8.03. The molecule has 12 heavy (non-hydrogen) atoms. The largest absolute Gasteiger partial charge is 0.179 e. The average Bonchev–Trinajstić information content (AvgIpc) is 2.10. The lowest BCUT2D eigenvalue weighted by Crippen LogP contribution is -1.81. The molecular formula is C10H16S2. The molecule has 0 aliphatic rings. The highest BCUT2D eigenvalue weighted by atomic mass is 32.2. The zero-order valence-corrected chi connectivity index (χ0v) is 9.04. The summed E-state index contributed by atoms with van der Waals surface area (Å²) in [6.45, 7) is 7.37. The molecule has 0 aromatic rings. The Kier molecular flexibility index (Phi) is 8.95. The van der Waals surface area contributed by atoms with Gasteiger partial charge in [-0.2, -0.15) is 12.6 Å². The number of hydrogen-bond acceptors (Lipinski definition) is 2. The van der Waals surface area contributed by atoms with Gasteiger partial charge in [0, 0.05) is 4.91 Å². The van der Waals surface area contributed by atoms with Gasteiger partial charge in [-0.1, -0.05) is 25.3 Å². The van der Waals surface area contributed by atoms with Crippen LogP contribution in [0.1, 0.15) is 12.8 Å². The van der Waals surface area contributed by atoms with E-state index >= 15 is 0 Å². The second kappa shape index (κ2) is 9.01. The lowest BCUT2D eigenvalue weighted by molar-refractivity contribution is 0.911. The summed E-state index contributed by atoms with van der Waals surface area (Å²) in [6, 6.07) is 0. The summed E-state index contributed by atoms with van der Waals surface area (Å²) in [4.78, 5) is 1.20. The van der Waals surface area contributed by atoms with Crippen LogP contribution in [0, 0.1) is 0 Å². The van der Waals surface area contributed by atoms with Crippen molar-refractivity contribution < 1.29 is 0 Å². The molecule has 0 rings (SSSR count). The summed E-state index contributed by atoms with van der Waals surface area (Å²) in [5.74, 6) is 2.13. The van der Waals surface area contributed by atoms with Crippen molar-refractivity contribution in [1.29, 1.82) is 0 Å². The number of thiol groups is 1. The van der Waals surface area contributed by atoms with Gasteiger partial charge >= 0.3 is 0 Å². The van der Waals surface area contributed by atoms with Crippen molar-refractivity contribution in [2.45, 2.75) is 12.8 Å². The second-order valence-corrected chi connectivity index (χ2v) is 3.90. The minimum atomic E-state index is 0.981. The Morgan fingerprint density at radius 3 is 2.58 bits per heavy atom. The third-order valence-corrected chi connectivity index (χ3v) is 2.75. The van der Waals surface area contributed by atoms with E-state index in [1.54, 1.807) is 6.08 Å². The van der Waals surface area contributed by atoms with Crippen LogP contribution in [0.25, 0.3) is 0 Å². The number of hydrogen-bond donors (Lipinski definition) is 1. The summed E-state index contributed by atoms with van der Waals surface area (Å²) in [7, 11) is 0. The molecule has 0 heterocycles. The molecule has 0 saturated heterocycles. The van der Waals surface area contributed by atoms with Crippen LogP contribution >= 0.6 is 24.4 Å². The van der Waals surface area contributed by atoms with Crippen LogP contribution in [0.2, 0.25) is 0 Å². The maximum Gasteiger partial charge on any atom is 0.00658 e. The summed E-state index contributed by atoms with van der Waals surface area (Å²) >= 11 is 5.97. The lowest BCUT2D eigenvalue weighted by atomic mass is 10.4. The molecule has 0 aromatic carbocycles. The molecular weight excluding hydrogens is 184 g/mol. The highest BCUT2D eigenvalue weighted by Crippen LogP contribution is 2.18. The predicted molar refractivity (Wildman–Crippen MR) is 64.0 cm³/mol. The molecule has 0 fully saturated rings. The van der Waals surface area contributed by atoms with Crippen LogP contribution in [0.15, 0.2) is 36.3 Å². The van der Waals surface area contributed by atoms with E-state index < -0.39 is 0 Å². The summed E-state index contributed by atoms with van der Waals surface area (Å²) in [6.07, 6.45) is 8.05. The number of thioether (sulfide) groups is 1. The Morgan fingerprint density at radius 1 is 1.33 bits per heavy atom. The molecule has 0 nitrogen and oxygen atoms in total. The van der Waals surface area contributed by atoms with Gasteiger partial charge in [0.25, 0.3) is 0 Å². The van der Waals surface area contributed by atoms with Gasteiger partial charge in [-0.3, -0.25) is 0 Å². The summed E-state index contributed by atoms with van der Waals surface area (Å²) in [5, 5.41) is 0. The van der Waals surface area contributed by atoms with Gasteiger partial charge in [-0.05, 0) is 30.4 Å². The van der Waals surface area contributed by atoms with Gasteiger partial charge < -0.3 is 0 Å². The van der Waals surface area contributed by atoms with Gasteiger partial charge in [-0.15, -0.1) is 11.8 Å². The number of unbranched alkanes of at least 4 members (excludes halogenated alkanes) is 1. The van der Waals surface area contributed by atoms with E-state index in [-0.39, 0.29) is 0 Å². The van der Waals surface area contributed by atoms with Crippen molar-refractivity contribution in [2.24, 2.45) is 0 Å². The molecule has 0 aliphatic carbocycles. The number of rotatable bonds is 7. The van der Waals surface area contributed by atoms with Crippen molar-refractivity contribution in [3.63, 3.8) is 0 Å². The average molecular weight is 200 g/mol. The van der Waals surface area contributed by atoms with Crippen LogP contribution in [0.5, 0.6) is 0 Å². The smallest absolute Gasteiger partial charge is 0.00658 e. The van der Waals surface area contributed by atoms with E-state index in [9.17, 15) is 0 Å². The van der Waals surface area contributed by atoms with E-state index in [0.717, 1.165) is 11.5 Å². The van der Waals surface area contributed by atoms with Crippen LogP contribution in [-0.4, -0.2) is 11.5 Å². The van der Waals surface area contributed by atoms with Crippen molar-refractivity contribution in [3.8, 4) is 0 Å². The van der Waals surface area contributed by atoms with Gasteiger partial charge in [0.15, 0.2) is 0 Å². The molecule has 68 valence electrons. The zero-order valence-electron chi connectivity index (χ0n) is 7.33. The standard InChI is InChI=1S/C10H16S2/c1-3-7-10(4-2)12-9-6-5-8-11/h3-4,7,11H,1-2,5-6,8-9H2/b10-7+. The maximum absolute atomic E-state index is 4.15. The monoisotopic (exact) mass is 200 g/mol. The van der Waals surface area contributed by atoms with Crippen molar-refractivity contribution >= 4 is 24.4 Å². The molecule has 0 N–H and O–H groups in total. The van der Waals surface area contributed by atoms with Crippen molar-refractivity contribution in [2.75, 3.05) is 11.5 Å². The lowest BCUT2D eigenvalue weighted by Gasteiger charge is -1.99. The van der Waals surface area contributed by atoms with Gasteiger partial charge in [0.1, 0.15) is 0 Å². The first-order chi connectivity index (χ1) is 5.85. The van der Waals surface area contributed by atoms with E-state index in [1.807, 2.05) is 23.9 Å². The number of allylic oxidation sites excluding steroid dienone is 3. The fraction of sp³-hybridized carbons (Fsp3) is 0.400. The first-order valence-electron chi connectivity index (χ1n) is 4.04. The fourth-order valence-electron chi connectivity index (χ4n) is 0.695. The Morgan fingerprint density at radius 2 is 2.08 bits per heavy atom. The molecule has 0 radical (unpaired) electrons. The van der Waals surface area contributed by atoms with Crippen molar-refractivity contribution in [1.82, 2.24) is 0 Å². The van der Waals surface area contributed by atoms with Crippen LogP contribution < -0.4 is 0 Å². The fourth-order valence-corrected chi connectivity index (χ4v) is 1.81. The molecule has 0 atom stereocenters. The molecule has 0 amide bonds. The SMILES string of the molecule is C=C/C=C(\C=C)SCCCCS. The Bertz CT molecular complexity index is 159. The van der Waals surface area contributed by atoms with Gasteiger partial charge in [-0.25, -0.2) is 0 Å². The molecule has 0 bridgehead atoms. The third kappa shape index (κ3) is 6.62. The molecule has 0 saturated carbocycles. The van der Waals surface area contributed by atoms with E-state index in [0.29, 0.717) is 0 Å². The normalized spacial score (nSPS) is 11.2. The molecule has 0 aliphatic heterocycles. The van der Waals surface area contributed by atoms with E-state index in [1.165, 1.54) is 17.7 Å². The van der Waals surface area contributed by atoms with Gasteiger partial charge in [0.2, 0.25) is 0 Å². The maximum atomic E-state index is 4.15. The Balaban J connectivity index is 3.51. The summed E-state index contributed by atoms with van der Waals surface area (Å²) < 4.78 is 0. The van der Waals surface area contributed by atoms with Crippen LogP contribution in [0.3, 0.4) is 0 Å².